The summed E-state index contributed by atoms with van der Waals surface area (Å²) in [5.41, 5.74) is 5.85. The van der Waals surface area contributed by atoms with Gasteiger partial charge in [-0.25, -0.2) is 12.8 Å². The fourth-order valence-corrected chi connectivity index (χ4v) is 3.41. The first-order valence-electron chi connectivity index (χ1n) is 5.43. The van der Waals surface area contributed by atoms with Crippen LogP contribution in [-0.2, 0) is 9.84 Å². The van der Waals surface area contributed by atoms with Crippen molar-refractivity contribution in [2.24, 2.45) is 5.73 Å². The van der Waals surface area contributed by atoms with Crippen molar-refractivity contribution >= 4 is 9.84 Å². The molecule has 0 atom stereocenters. The summed E-state index contributed by atoms with van der Waals surface area (Å²) < 4.78 is 36.8. The second kappa shape index (κ2) is 4.74. The standard InChI is InChI=1S/C12H18FNO2S/c1-9-8-10(13)4-5-11(9)17(15,16)12(2,3)6-7-14/h4-5,8H,6-7,14H2,1-3H3. The predicted octanol–water partition coefficient (Wildman–Crippen LogP) is 2.04. The van der Waals surface area contributed by atoms with Crippen molar-refractivity contribution in [3.8, 4) is 0 Å². The highest BCUT2D eigenvalue weighted by molar-refractivity contribution is 7.92. The number of benzene rings is 1. The number of aryl methyl sites for hydroxylation is 1. The van der Waals surface area contributed by atoms with E-state index in [9.17, 15) is 12.8 Å². The van der Waals surface area contributed by atoms with E-state index in [4.69, 9.17) is 5.73 Å². The lowest BCUT2D eigenvalue weighted by Gasteiger charge is -2.25. The van der Waals surface area contributed by atoms with Gasteiger partial charge in [0.2, 0.25) is 0 Å². The minimum Gasteiger partial charge on any atom is -0.330 e. The van der Waals surface area contributed by atoms with E-state index in [-0.39, 0.29) is 4.90 Å². The van der Waals surface area contributed by atoms with Crippen LogP contribution in [0.25, 0.3) is 0 Å². The molecule has 0 bridgehead atoms. The van der Waals surface area contributed by atoms with Gasteiger partial charge in [-0.3, -0.25) is 0 Å². The molecule has 17 heavy (non-hydrogen) atoms. The number of nitrogens with two attached hydrogens (primary N) is 1. The Morgan fingerprint density at radius 1 is 1.35 bits per heavy atom. The molecule has 0 spiro atoms. The van der Waals surface area contributed by atoms with Gasteiger partial charge < -0.3 is 5.73 Å². The van der Waals surface area contributed by atoms with Crippen molar-refractivity contribution in [1.29, 1.82) is 0 Å². The van der Waals surface area contributed by atoms with Gasteiger partial charge in [0.15, 0.2) is 9.84 Å². The monoisotopic (exact) mass is 259 g/mol. The van der Waals surface area contributed by atoms with Crippen molar-refractivity contribution in [3.63, 3.8) is 0 Å². The second-order valence-corrected chi connectivity index (χ2v) is 7.26. The van der Waals surface area contributed by atoms with Crippen LogP contribution in [0.3, 0.4) is 0 Å². The molecule has 5 heteroatoms. The zero-order valence-corrected chi connectivity index (χ0v) is 11.1. The van der Waals surface area contributed by atoms with Crippen LogP contribution < -0.4 is 5.73 Å². The lowest BCUT2D eigenvalue weighted by Crippen LogP contribution is -2.34. The van der Waals surface area contributed by atoms with E-state index in [1.54, 1.807) is 20.8 Å². The van der Waals surface area contributed by atoms with Gasteiger partial charge in [0.1, 0.15) is 5.82 Å². The Labute approximate surface area is 102 Å². The first-order valence-corrected chi connectivity index (χ1v) is 6.91. The summed E-state index contributed by atoms with van der Waals surface area (Å²) in [5.74, 6) is -0.432. The maximum Gasteiger partial charge on any atom is 0.183 e. The van der Waals surface area contributed by atoms with Crippen molar-refractivity contribution in [1.82, 2.24) is 0 Å². The zero-order chi connectivity index (χ0) is 13.3. The largest absolute Gasteiger partial charge is 0.330 e. The highest BCUT2D eigenvalue weighted by Crippen LogP contribution is 2.30. The topological polar surface area (TPSA) is 60.2 Å². The molecular formula is C12H18FNO2S. The highest BCUT2D eigenvalue weighted by Gasteiger charge is 2.35. The summed E-state index contributed by atoms with van der Waals surface area (Å²) >= 11 is 0. The average Bonchev–Trinajstić information content (AvgIpc) is 2.16. The van der Waals surface area contributed by atoms with Crippen molar-refractivity contribution < 1.29 is 12.8 Å². The van der Waals surface area contributed by atoms with E-state index in [1.807, 2.05) is 0 Å². The third kappa shape index (κ3) is 2.66. The summed E-state index contributed by atoms with van der Waals surface area (Å²) in [6, 6.07) is 3.71. The van der Waals surface area contributed by atoms with Crippen LogP contribution in [0.15, 0.2) is 23.1 Å². The lowest BCUT2D eigenvalue weighted by atomic mass is 10.1. The molecule has 0 saturated carbocycles. The van der Waals surface area contributed by atoms with Crippen molar-refractivity contribution in [3.05, 3.63) is 29.6 Å². The van der Waals surface area contributed by atoms with Crippen LogP contribution in [0, 0.1) is 12.7 Å². The molecule has 96 valence electrons. The molecule has 0 aromatic heterocycles. The van der Waals surface area contributed by atoms with Gasteiger partial charge in [-0.1, -0.05) is 0 Å². The molecule has 1 aromatic rings. The molecule has 0 fully saturated rings. The molecule has 1 rings (SSSR count). The molecule has 0 aliphatic rings. The number of rotatable bonds is 4. The molecule has 0 aliphatic carbocycles. The number of sulfone groups is 1. The predicted molar refractivity (Wildman–Crippen MR) is 66.1 cm³/mol. The molecular weight excluding hydrogens is 241 g/mol. The van der Waals surface area contributed by atoms with Crippen molar-refractivity contribution in [2.45, 2.75) is 36.8 Å². The van der Waals surface area contributed by atoms with Gasteiger partial charge in [0.25, 0.3) is 0 Å². The second-order valence-electron chi connectivity index (χ2n) is 4.71. The molecule has 0 saturated heterocycles. The molecule has 2 N–H and O–H groups in total. The Kier molecular flexibility index (Phi) is 3.94. The minimum atomic E-state index is -3.49. The van der Waals surface area contributed by atoms with E-state index in [0.717, 1.165) is 0 Å². The van der Waals surface area contributed by atoms with Crippen LogP contribution >= 0.6 is 0 Å². The molecule has 0 heterocycles. The third-order valence-corrected chi connectivity index (χ3v) is 5.60. The molecule has 1 aromatic carbocycles. The molecule has 0 aliphatic heterocycles. The smallest absolute Gasteiger partial charge is 0.183 e. The zero-order valence-electron chi connectivity index (χ0n) is 10.3. The average molecular weight is 259 g/mol. The lowest BCUT2D eigenvalue weighted by molar-refractivity contribution is 0.529. The van der Waals surface area contributed by atoms with Crippen LogP contribution in [0.5, 0.6) is 0 Å². The quantitative estimate of drug-likeness (QED) is 0.842. The van der Waals surface area contributed by atoms with Crippen LogP contribution in [-0.4, -0.2) is 19.7 Å². The fourth-order valence-electron chi connectivity index (χ4n) is 1.69. The van der Waals surface area contributed by atoms with Crippen LogP contribution in [0.1, 0.15) is 25.8 Å². The number of hydrogen-bond acceptors (Lipinski definition) is 3. The Hall–Kier alpha value is -0.940. The molecule has 0 radical (unpaired) electrons. The molecule has 0 amide bonds. The van der Waals surface area contributed by atoms with E-state index < -0.39 is 20.4 Å². The van der Waals surface area contributed by atoms with E-state index in [1.165, 1.54) is 18.2 Å². The van der Waals surface area contributed by atoms with E-state index in [2.05, 4.69) is 0 Å². The summed E-state index contributed by atoms with van der Waals surface area (Å²) in [5, 5.41) is 0. The van der Waals surface area contributed by atoms with Gasteiger partial charge in [0, 0.05) is 0 Å². The van der Waals surface area contributed by atoms with Crippen molar-refractivity contribution in [2.75, 3.05) is 6.54 Å². The van der Waals surface area contributed by atoms with E-state index >= 15 is 0 Å². The Morgan fingerprint density at radius 2 is 1.94 bits per heavy atom. The highest BCUT2D eigenvalue weighted by atomic mass is 32.2. The molecule has 3 nitrogen and oxygen atoms in total. The third-order valence-electron chi connectivity index (χ3n) is 2.90. The van der Waals surface area contributed by atoms with Gasteiger partial charge in [-0.15, -0.1) is 0 Å². The Bertz CT molecular complexity index is 509. The van der Waals surface area contributed by atoms with Crippen LogP contribution in [0.4, 0.5) is 4.39 Å². The Morgan fingerprint density at radius 3 is 2.41 bits per heavy atom. The fraction of sp³-hybridized carbons (Fsp3) is 0.500. The SMILES string of the molecule is Cc1cc(F)ccc1S(=O)(=O)C(C)(C)CCN. The number of hydrogen-bond donors (Lipinski definition) is 1. The maximum absolute atomic E-state index is 13.0. The summed E-state index contributed by atoms with van der Waals surface area (Å²) in [4.78, 5) is 0.178. The first kappa shape index (κ1) is 14.1. The molecule has 0 unspecified atom stereocenters. The Balaban J connectivity index is 3.31. The summed E-state index contributed by atoms with van der Waals surface area (Å²) in [6.07, 6.45) is 0.367. The summed E-state index contributed by atoms with van der Waals surface area (Å²) in [7, 11) is -3.49. The van der Waals surface area contributed by atoms with Crippen LogP contribution in [0.2, 0.25) is 0 Å². The first-order chi connectivity index (χ1) is 7.72. The van der Waals surface area contributed by atoms with Gasteiger partial charge >= 0.3 is 0 Å². The van der Waals surface area contributed by atoms with Gasteiger partial charge in [-0.05, 0) is 57.5 Å². The van der Waals surface area contributed by atoms with Gasteiger partial charge in [-0.2, -0.15) is 0 Å². The van der Waals surface area contributed by atoms with Gasteiger partial charge in [0.05, 0.1) is 9.64 Å². The maximum atomic E-state index is 13.0. The number of halogens is 1. The normalized spacial score (nSPS) is 12.8. The van der Waals surface area contributed by atoms with E-state index in [0.29, 0.717) is 18.5 Å². The minimum absolute atomic E-state index is 0.178. The summed E-state index contributed by atoms with van der Waals surface area (Å²) in [6.45, 7) is 5.16.